The SMILES string of the molecule is CN(C)C(=O)c1ccc(CNC(=O)COc2ccc(Cl)cc2)cc1. The standard InChI is InChI=1S/C18H19ClN2O3/c1-21(2)18(23)14-5-3-13(4-6-14)11-20-17(22)12-24-16-9-7-15(19)8-10-16/h3-10H,11-12H2,1-2H3,(H,20,22). The van der Waals surface area contributed by atoms with E-state index in [1.54, 1.807) is 50.5 Å². The first kappa shape index (κ1) is 17.8. The van der Waals surface area contributed by atoms with Gasteiger partial charge in [0.25, 0.3) is 11.8 Å². The first-order chi connectivity index (χ1) is 11.5. The van der Waals surface area contributed by atoms with E-state index < -0.39 is 0 Å². The average Bonchev–Trinajstić information content (AvgIpc) is 2.59. The van der Waals surface area contributed by atoms with Gasteiger partial charge in [-0.15, -0.1) is 0 Å². The third-order valence-electron chi connectivity index (χ3n) is 3.28. The second kappa shape index (κ2) is 8.36. The molecule has 24 heavy (non-hydrogen) atoms. The van der Waals surface area contributed by atoms with Crippen LogP contribution in [0.3, 0.4) is 0 Å². The van der Waals surface area contributed by atoms with Gasteiger partial charge in [0.05, 0.1) is 0 Å². The maximum atomic E-state index is 11.8. The summed E-state index contributed by atoms with van der Waals surface area (Å²) in [5.74, 6) is 0.307. The Kier molecular flexibility index (Phi) is 6.21. The summed E-state index contributed by atoms with van der Waals surface area (Å²) in [6.45, 7) is 0.304. The Labute approximate surface area is 146 Å². The summed E-state index contributed by atoms with van der Waals surface area (Å²) in [6.07, 6.45) is 0. The smallest absolute Gasteiger partial charge is 0.258 e. The lowest BCUT2D eigenvalue weighted by Crippen LogP contribution is -2.28. The number of carbonyl (C=O) groups is 2. The van der Waals surface area contributed by atoms with Gasteiger partial charge >= 0.3 is 0 Å². The van der Waals surface area contributed by atoms with Gasteiger partial charge < -0.3 is 15.0 Å². The summed E-state index contributed by atoms with van der Waals surface area (Å²) >= 11 is 5.78. The number of hydrogen-bond acceptors (Lipinski definition) is 3. The highest BCUT2D eigenvalue weighted by molar-refractivity contribution is 6.30. The van der Waals surface area contributed by atoms with Gasteiger partial charge in [-0.3, -0.25) is 9.59 Å². The maximum absolute atomic E-state index is 11.8. The molecule has 0 radical (unpaired) electrons. The molecule has 0 fully saturated rings. The number of nitrogens with zero attached hydrogens (tertiary/aromatic N) is 1. The molecule has 1 N–H and O–H groups in total. The van der Waals surface area contributed by atoms with Gasteiger partial charge in [-0.2, -0.15) is 0 Å². The number of ether oxygens (including phenoxy) is 1. The second-order valence-electron chi connectivity index (χ2n) is 5.42. The van der Waals surface area contributed by atoms with E-state index >= 15 is 0 Å². The lowest BCUT2D eigenvalue weighted by Gasteiger charge is -2.11. The van der Waals surface area contributed by atoms with Gasteiger partial charge in [0.1, 0.15) is 5.75 Å². The highest BCUT2D eigenvalue weighted by Crippen LogP contribution is 2.15. The summed E-state index contributed by atoms with van der Waals surface area (Å²) in [4.78, 5) is 25.1. The van der Waals surface area contributed by atoms with Crippen molar-refractivity contribution in [2.24, 2.45) is 0 Å². The van der Waals surface area contributed by atoms with Crippen LogP contribution in [0.5, 0.6) is 5.75 Å². The first-order valence-electron chi connectivity index (χ1n) is 7.41. The molecule has 2 amide bonds. The molecule has 2 aromatic carbocycles. The molecule has 2 rings (SSSR count). The molecule has 0 bridgehead atoms. The van der Waals surface area contributed by atoms with E-state index in [9.17, 15) is 9.59 Å². The monoisotopic (exact) mass is 346 g/mol. The fourth-order valence-corrected chi connectivity index (χ4v) is 2.08. The highest BCUT2D eigenvalue weighted by atomic mass is 35.5. The molecule has 0 atom stereocenters. The van der Waals surface area contributed by atoms with Crippen molar-refractivity contribution in [3.63, 3.8) is 0 Å². The van der Waals surface area contributed by atoms with E-state index in [0.717, 1.165) is 5.56 Å². The summed E-state index contributed by atoms with van der Waals surface area (Å²) < 4.78 is 5.37. The summed E-state index contributed by atoms with van der Waals surface area (Å²) in [6, 6.07) is 13.9. The second-order valence-corrected chi connectivity index (χ2v) is 5.85. The van der Waals surface area contributed by atoms with E-state index in [1.807, 2.05) is 12.1 Å². The highest BCUT2D eigenvalue weighted by Gasteiger charge is 2.08. The Hall–Kier alpha value is -2.53. The molecule has 5 nitrogen and oxygen atoms in total. The van der Waals surface area contributed by atoms with Crippen LogP contribution in [-0.2, 0) is 11.3 Å². The maximum Gasteiger partial charge on any atom is 0.258 e. The number of hydrogen-bond donors (Lipinski definition) is 1. The van der Waals surface area contributed by atoms with Gasteiger partial charge in [-0.25, -0.2) is 0 Å². The first-order valence-corrected chi connectivity index (χ1v) is 7.79. The van der Waals surface area contributed by atoms with E-state index in [2.05, 4.69) is 5.32 Å². The van der Waals surface area contributed by atoms with Gasteiger partial charge in [0.15, 0.2) is 6.61 Å². The van der Waals surface area contributed by atoms with Crippen molar-refractivity contribution in [2.45, 2.75) is 6.54 Å². The van der Waals surface area contributed by atoms with Gasteiger partial charge in [-0.1, -0.05) is 23.7 Å². The molecule has 0 saturated heterocycles. The quantitative estimate of drug-likeness (QED) is 0.875. The minimum absolute atomic E-state index is 0.0537. The largest absolute Gasteiger partial charge is 0.484 e. The lowest BCUT2D eigenvalue weighted by atomic mass is 10.1. The molecule has 0 spiro atoms. The fourth-order valence-electron chi connectivity index (χ4n) is 1.95. The summed E-state index contributed by atoms with van der Waals surface area (Å²) in [7, 11) is 3.41. The van der Waals surface area contributed by atoms with E-state index in [4.69, 9.17) is 16.3 Å². The van der Waals surface area contributed by atoms with Gasteiger partial charge in [0.2, 0.25) is 0 Å². The van der Waals surface area contributed by atoms with Crippen molar-refractivity contribution in [3.8, 4) is 5.75 Å². The molecule has 6 heteroatoms. The molecule has 0 aliphatic carbocycles. The number of carbonyl (C=O) groups excluding carboxylic acids is 2. The van der Waals surface area contributed by atoms with Crippen molar-refractivity contribution < 1.29 is 14.3 Å². The minimum atomic E-state index is -0.224. The van der Waals surface area contributed by atoms with Crippen LogP contribution in [-0.4, -0.2) is 37.4 Å². The molecule has 0 aliphatic heterocycles. The molecule has 126 valence electrons. The summed E-state index contributed by atoms with van der Waals surface area (Å²) in [5.41, 5.74) is 1.52. The fraction of sp³-hybridized carbons (Fsp3) is 0.222. The molecule has 0 unspecified atom stereocenters. The molecule has 0 aliphatic rings. The Morgan fingerprint density at radius 2 is 1.67 bits per heavy atom. The van der Waals surface area contributed by atoms with Crippen LogP contribution in [0.1, 0.15) is 15.9 Å². The van der Waals surface area contributed by atoms with Crippen LogP contribution < -0.4 is 10.1 Å². The molecular formula is C18H19ClN2O3. The van der Waals surface area contributed by atoms with Crippen LogP contribution in [0.15, 0.2) is 48.5 Å². The number of benzene rings is 2. The van der Waals surface area contributed by atoms with Crippen molar-refractivity contribution in [1.82, 2.24) is 10.2 Å². The van der Waals surface area contributed by atoms with E-state index in [1.165, 1.54) is 4.90 Å². The van der Waals surface area contributed by atoms with Gasteiger partial charge in [0, 0.05) is 31.2 Å². The van der Waals surface area contributed by atoms with Crippen LogP contribution in [0, 0.1) is 0 Å². The Morgan fingerprint density at radius 3 is 2.25 bits per heavy atom. The molecular weight excluding hydrogens is 328 g/mol. The van der Waals surface area contributed by atoms with E-state index in [0.29, 0.717) is 22.9 Å². The minimum Gasteiger partial charge on any atom is -0.484 e. The zero-order valence-electron chi connectivity index (χ0n) is 13.6. The van der Waals surface area contributed by atoms with Crippen LogP contribution in [0.25, 0.3) is 0 Å². The Morgan fingerprint density at radius 1 is 1.04 bits per heavy atom. The Bertz CT molecular complexity index is 697. The number of rotatable bonds is 6. The zero-order chi connectivity index (χ0) is 17.5. The molecule has 0 heterocycles. The predicted molar refractivity (Wildman–Crippen MR) is 93.3 cm³/mol. The third kappa shape index (κ3) is 5.28. The molecule has 0 aromatic heterocycles. The Balaban J connectivity index is 1.79. The van der Waals surface area contributed by atoms with Crippen molar-refractivity contribution >= 4 is 23.4 Å². The number of amides is 2. The van der Waals surface area contributed by atoms with E-state index in [-0.39, 0.29) is 18.4 Å². The summed E-state index contributed by atoms with van der Waals surface area (Å²) in [5, 5.41) is 3.38. The molecule has 2 aromatic rings. The normalized spacial score (nSPS) is 10.1. The predicted octanol–water partition coefficient (Wildman–Crippen LogP) is 2.74. The van der Waals surface area contributed by atoms with Crippen LogP contribution in [0.2, 0.25) is 5.02 Å². The third-order valence-corrected chi connectivity index (χ3v) is 3.53. The van der Waals surface area contributed by atoms with Crippen molar-refractivity contribution in [1.29, 1.82) is 0 Å². The number of halogens is 1. The van der Waals surface area contributed by atoms with Crippen LogP contribution in [0.4, 0.5) is 0 Å². The van der Waals surface area contributed by atoms with Crippen molar-refractivity contribution in [3.05, 3.63) is 64.7 Å². The van der Waals surface area contributed by atoms with Crippen LogP contribution >= 0.6 is 11.6 Å². The lowest BCUT2D eigenvalue weighted by molar-refractivity contribution is -0.123. The topological polar surface area (TPSA) is 58.6 Å². The number of nitrogens with one attached hydrogen (secondary N) is 1. The zero-order valence-corrected chi connectivity index (χ0v) is 14.3. The van der Waals surface area contributed by atoms with Gasteiger partial charge in [-0.05, 0) is 42.0 Å². The molecule has 0 saturated carbocycles. The average molecular weight is 347 g/mol. The van der Waals surface area contributed by atoms with Crippen molar-refractivity contribution in [2.75, 3.05) is 20.7 Å².